The highest BCUT2D eigenvalue weighted by atomic mass is 19.2. The van der Waals surface area contributed by atoms with Crippen LogP contribution < -0.4 is 5.32 Å². The van der Waals surface area contributed by atoms with Gasteiger partial charge in [-0.05, 0) is 0 Å². The molecule has 2 aliphatic heterocycles. The Kier molecular flexibility index (Phi) is 3.45. The Bertz CT molecular complexity index is 759. The lowest BCUT2D eigenvalue weighted by atomic mass is 9.89. The van der Waals surface area contributed by atoms with Gasteiger partial charge in [-0.15, -0.1) is 0 Å². The van der Waals surface area contributed by atoms with E-state index in [1.54, 1.807) is 0 Å². The zero-order chi connectivity index (χ0) is 16.1. The first-order valence-electron chi connectivity index (χ1n) is 7.10. The molecular formula is C14H14F2N2O5. The van der Waals surface area contributed by atoms with Crippen molar-refractivity contribution in [2.75, 3.05) is 32.2 Å². The monoisotopic (exact) mass is 328 g/mol. The van der Waals surface area contributed by atoms with Crippen LogP contribution in [0.1, 0.15) is 23.5 Å². The van der Waals surface area contributed by atoms with E-state index in [-0.39, 0.29) is 42.2 Å². The van der Waals surface area contributed by atoms with E-state index in [4.69, 9.17) is 18.7 Å². The molecule has 0 spiro atoms. The van der Waals surface area contributed by atoms with Gasteiger partial charge in [0.05, 0.1) is 36.8 Å². The molecule has 2 atom stereocenters. The number of anilines is 1. The summed E-state index contributed by atoms with van der Waals surface area (Å²) in [5, 5.41) is 16.5. The van der Waals surface area contributed by atoms with Crippen LogP contribution in [0.15, 0.2) is 4.52 Å². The van der Waals surface area contributed by atoms with Gasteiger partial charge >= 0.3 is 0 Å². The standard InChI is InChI=1S/C14H14F2N2O5/c1-20-11-5(4-19)17-13-8-6(11)7(14-21-2-3-22-14)9(15)10(16)12(8)23-18-13/h5,11,14,19H,2-4H2,1H3,(H,17,18)/t5-,11+/m1/s1. The predicted molar refractivity (Wildman–Crippen MR) is 72.8 cm³/mol. The summed E-state index contributed by atoms with van der Waals surface area (Å²) in [6.07, 6.45) is -1.78. The number of aliphatic hydroxyl groups is 1. The summed E-state index contributed by atoms with van der Waals surface area (Å²) >= 11 is 0. The van der Waals surface area contributed by atoms with Crippen molar-refractivity contribution in [3.05, 3.63) is 22.8 Å². The first-order chi connectivity index (χ1) is 11.2. The maximum atomic E-state index is 14.6. The fourth-order valence-electron chi connectivity index (χ4n) is 3.19. The lowest BCUT2D eigenvalue weighted by Gasteiger charge is -2.32. The van der Waals surface area contributed by atoms with Crippen molar-refractivity contribution in [2.45, 2.75) is 18.4 Å². The van der Waals surface area contributed by atoms with Crippen LogP contribution in [0.3, 0.4) is 0 Å². The summed E-state index contributed by atoms with van der Waals surface area (Å²) in [4.78, 5) is 0. The fourth-order valence-corrected chi connectivity index (χ4v) is 3.19. The zero-order valence-electron chi connectivity index (χ0n) is 12.1. The molecule has 0 amide bonds. The van der Waals surface area contributed by atoms with Crippen LogP contribution in [-0.2, 0) is 14.2 Å². The second-order valence-corrected chi connectivity index (χ2v) is 5.35. The third-order valence-corrected chi connectivity index (χ3v) is 4.16. The zero-order valence-corrected chi connectivity index (χ0v) is 12.1. The van der Waals surface area contributed by atoms with Crippen molar-refractivity contribution in [3.63, 3.8) is 0 Å². The molecular weight excluding hydrogens is 314 g/mol. The van der Waals surface area contributed by atoms with Crippen LogP contribution in [0.25, 0.3) is 11.0 Å². The molecule has 0 unspecified atom stereocenters. The highest BCUT2D eigenvalue weighted by Crippen LogP contribution is 2.46. The summed E-state index contributed by atoms with van der Waals surface area (Å²) in [6, 6.07) is -0.592. The van der Waals surface area contributed by atoms with Gasteiger partial charge in [0.1, 0.15) is 6.10 Å². The molecule has 2 N–H and O–H groups in total. The third kappa shape index (κ3) is 1.97. The van der Waals surface area contributed by atoms with Gasteiger partial charge in [0.2, 0.25) is 11.4 Å². The Labute approximate surface area is 129 Å². The van der Waals surface area contributed by atoms with Crippen LogP contribution in [0.5, 0.6) is 0 Å². The molecule has 9 heteroatoms. The van der Waals surface area contributed by atoms with Crippen LogP contribution in [0, 0.1) is 11.6 Å². The molecule has 1 aromatic heterocycles. The minimum atomic E-state index is -1.16. The molecule has 2 aliphatic rings. The van der Waals surface area contributed by atoms with E-state index in [1.807, 2.05) is 0 Å². The van der Waals surface area contributed by atoms with E-state index < -0.39 is 30.1 Å². The molecule has 0 bridgehead atoms. The average molecular weight is 328 g/mol. The van der Waals surface area contributed by atoms with Gasteiger partial charge in [-0.3, -0.25) is 0 Å². The van der Waals surface area contributed by atoms with Gasteiger partial charge in [0, 0.05) is 12.7 Å². The molecule has 4 rings (SSSR count). The number of aromatic nitrogens is 1. The summed E-state index contributed by atoms with van der Waals surface area (Å²) in [7, 11) is 1.42. The van der Waals surface area contributed by atoms with Crippen molar-refractivity contribution in [1.82, 2.24) is 5.16 Å². The molecule has 23 heavy (non-hydrogen) atoms. The Balaban J connectivity index is 2.05. The van der Waals surface area contributed by atoms with Gasteiger partial charge in [0.15, 0.2) is 17.9 Å². The lowest BCUT2D eigenvalue weighted by molar-refractivity contribution is -0.0498. The van der Waals surface area contributed by atoms with Crippen molar-refractivity contribution >= 4 is 16.8 Å². The van der Waals surface area contributed by atoms with Gasteiger partial charge in [0.25, 0.3) is 0 Å². The molecule has 1 aromatic carbocycles. The highest BCUT2D eigenvalue weighted by molar-refractivity contribution is 5.94. The summed E-state index contributed by atoms with van der Waals surface area (Å²) < 4.78 is 50.0. The van der Waals surface area contributed by atoms with Crippen molar-refractivity contribution in [2.24, 2.45) is 0 Å². The number of nitrogens with one attached hydrogen (secondary N) is 1. The Morgan fingerprint density at radius 1 is 1.26 bits per heavy atom. The summed E-state index contributed by atoms with van der Waals surface area (Å²) in [5.74, 6) is -2.06. The highest BCUT2D eigenvalue weighted by Gasteiger charge is 2.41. The number of methoxy groups -OCH3 is 1. The first kappa shape index (κ1) is 14.8. The Hall–Kier alpha value is -1.81. The predicted octanol–water partition coefficient (Wildman–Crippen LogP) is 1.63. The molecule has 0 aliphatic carbocycles. The van der Waals surface area contributed by atoms with Crippen LogP contribution in [0.4, 0.5) is 14.6 Å². The number of hydrogen-bond acceptors (Lipinski definition) is 7. The second kappa shape index (κ2) is 5.38. The largest absolute Gasteiger partial charge is 0.394 e. The van der Waals surface area contributed by atoms with Crippen LogP contribution >= 0.6 is 0 Å². The van der Waals surface area contributed by atoms with Crippen LogP contribution in [-0.4, -0.2) is 43.2 Å². The topological polar surface area (TPSA) is 86.0 Å². The fraction of sp³-hybridized carbons (Fsp3) is 0.500. The van der Waals surface area contributed by atoms with Crippen molar-refractivity contribution in [1.29, 1.82) is 0 Å². The quantitative estimate of drug-likeness (QED) is 0.885. The molecule has 3 heterocycles. The van der Waals surface area contributed by atoms with E-state index in [2.05, 4.69) is 10.5 Å². The normalized spacial score (nSPS) is 24.3. The van der Waals surface area contributed by atoms with Gasteiger partial charge in [-0.1, -0.05) is 5.16 Å². The second-order valence-electron chi connectivity index (χ2n) is 5.35. The van der Waals surface area contributed by atoms with E-state index >= 15 is 0 Å². The van der Waals surface area contributed by atoms with E-state index in [1.165, 1.54) is 7.11 Å². The SMILES string of the molecule is CO[C@@H]1c2c(C3OCCO3)c(F)c(F)c3onc(c23)N[C@@H]1CO. The average Bonchev–Trinajstić information content (AvgIpc) is 3.22. The number of ether oxygens (including phenoxy) is 3. The minimum absolute atomic E-state index is 0.0799. The number of rotatable bonds is 3. The van der Waals surface area contributed by atoms with Crippen LogP contribution in [0.2, 0.25) is 0 Å². The van der Waals surface area contributed by atoms with E-state index in [0.717, 1.165) is 0 Å². The molecule has 1 saturated heterocycles. The molecule has 1 fully saturated rings. The smallest absolute Gasteiger partial charge is 0.208 e. The van der Waals surface area contributed by atoms with Gasteiger partial charge in [-0.2, -0.15) is 4.39 Å². The first-order valence-corrected chi connectivity index (χ1v) is 7.10. The van der Waals surface area contributed by atoms with Crippen molar-refractivity contribution < 1.29 is 32.6 Å². The summed E-state index contributed by atoms with van der Waals surface area (Å²) in [6.45, 7) is 0.259. The number of hydrogen-bond donors (Lipinski definition) is 2. The molecule has 124 valence electrons. The number of halogens is 2. The van der Waals surface area contributed by atoms with Gasteiger partial charge in [-0.25, -0.2) is 4.39 Å². The minimum Gasteiger partial charge on any atom is -0.394 e. The number of aliphatic hydroxyl groups excluding tert-OH is 1. The molecule has 0 radical (unpaired) electrons. The molecule has 7 nitrogen and oxygen atoms in total. The Morgan fingerprint density at radius 3 is 2.65 bits per heavy atom. The third-order valence-electron chi connectivity index (χ3n) is 4.16. The Morgan fingerprint density at radius 2 is 2.00 bits per heavy atom. The van der Waals surface area contributed by atoms with Crippen molar-refractivity contribution in [3.8, 4) is 0 Å². The number of benzene rings is 1. The maximum Gasteiger partial charge on any atom is 0.208 e. The molecule has 2 aromatic rings. The molecule has 0 saturated carbocycles. The number of nitrogens with zero attached hydrogens (tertiary/aromatic N) is 1. The van der Waals surface area contributed by atoms with E-state index in [9.17, 15) is 13.9 Å². The lowest BCUT2D eigenvalue weighted by Crippen LogP contribution is -2.36. The maximum absolute atomic E-state index is 14.6. The van der Waals surface area contributed by atoms with Gasteiger partial charge < -0.3 is 29.2 Å². The van der Waals surface area contributed by atoms with E-state index in [0.29, 0.717) is 5.56 Å². The summed E-state index contributed by atoms with van der Waals surface area (Å²) in [5.41, 5.74) is -0.0636.